The number of nitriles is 1. The SMILES string of the molecule is CN(C(=O)COC(=O)COc1ccccc1C(N)=O)C1(C#N)CCCCC1. The van der Waals surface area contributed by atoms with Crippen LogP contribution in [0.15, 0.2) is 24.3 Å². The van der Waals surface area contributed by atoms with E-state index in [-0.39, 0.29) is 11.3 Å². The lowest BCUT2D eigenvalue weighted by Gasteiger charge is -2.38. The van der Waals surface area contributed by atoms with E-state index in [4.69, 9.17) is 15.2 Å². The van der Waals surface area contributed by atoms with Crippen molar-refractivity contribution in [3.8, 4) is 11.8 Å². The van der Waals surface area contributed by atoms with Gasteiger partial charge in [-0.25, -0.2) is 4.79 Å². The van der Waals surface area contributed by atoms with Crippen LogP contribution in [0.3, 0.4) is 0 Å². The van der Waals surface area contributed by atoms with E-state index in [1.54, 1.807) is 19.2 Å². The van der Waals surface area contributed by atoms with Crippen LogP contribution >= 0.6 is 0 Å². The molecule has 0 aliphatic heterocycles. The molecule has 8 heteroatoms. The summed E-state index contributed by atoms with van der Waals surface area (Å²) >= 11 is 0. The summed E-state index contributed by atoms with van der Waals surface area (Å²) in [6, 6.07) is 8.49. The van der Waals surface area contributed by atoms with Crippen molar-refractivity contribution in [2.45, 2.75) is 37.6 Å². The molecule has 0 radical (unpaired) electrons. The fraction of sp³-hybridized carbons (Fsp3) is 0.474. The lowest BCUT2D eigenvalue weighted by atomic mass is 9.81. The number of amides is 2. The minimum Gasteiger partial charge on any atom is -0.481 e. The van der Waals surface area contributed by atoms with Gasteiger partial charge in [-0.2, -0.15) is 5.26 Å². The van der Waals surface area contributed by atoms with E-state index < -0.39 is 36.5 Å². The third-order valence-electron chi connectivity index (χ3n) is 4.76. The fourth-order valence-electron chi connectivity index (χ4n) is 3.11. The van der Waals surface area contributed by atoms with Crippen molar-refractivity contribution in [1.29, 1.82) is 5.26 Å². The summed E-state index contributed by atoms with van der Waals surface area (Å²) in [6.07, 6.45) is 4.06. The molecular formula is C19H23N3O5. The number of esters is 1. The zero-order valence-electron chi connectivity index (χ0n) is 15.3. The number of benzene rings is 1. The zero-order valence-corrected chi connectivity index (χ0v) is 15.3. The van der Waals surface area contributed by atoms with Gasteiger partial charge in [0.25, 0.3) is 11.8 Å². The predicted octanol–water partition coefficient (Wildman–Crippen LogP) is 1.39. The molecule has 1 aliphatic carbocycles. The van der Waals surface area contributed by atoms with E-state index in [9.17, 15) is 19.6 Å². The molecule has 0 saturated heterocycles. The van der Waals surface area contributed by atoms with Gasteiger partial charge in [0, 0.05) is 7.05 Å². The molecule has 0 aromatic heterocycles. The third kappa shape index (κ3) is 4.97. The maximum Gasteiger partial charge on any atom is 0.344 e. The number of nitrogens with two attached hydrogens (primary N) is 1. The van der Waals surface area contributed by atoms with Crippen LogP contribution in [-0.4, -0.2) is 48.5 Å². The number of likely N-dealkylation sites (N-methyl/N-ethyl adjacent to an activating group) is 1. The first kappa shape index (κ1) is 20.2. The molecule has 0 unspecified atom stereocenters. The molecule has 1 saturated carbocycles. The average Bonchev–Trinajstić information content (AvgIpc) is 2.70. The van der Waals surface area contributed by atoms with Gasteiger partial charge in [-0.05, 0) is 25.0 Å². The van der Waals surface area contributed by atoms with Crippen LogP contribution in [0.25, 0.3) is 0 Å². The van der Waals surface area contributed by atoms with Crippen molar-refractivity contribution in [3.63, 3.8) is 0 Å². The molecule has 1 aromatic rings. The lowest BCUT2D eigenvalue weighted by Crippen LogP contribution is -2.51. The van der Waals surface area contributed by atoms with Crippen molar-refractivity contribution in [2.24, 2.45) is 5.73 Å². The third-order valence-corrected chi connectivity index (χ3v) is 4.76. The topological polar surface area (TPSA) is 123 Å². The summed E-state index contributed by atoms with van der Waals surface area (Å²) in [5.41, 5.74) is 4.55. The highest BCUT2D eigenvalue weighted by Crippen LogP contribution is 2.32. The van der Waals surface area contributed by atoms with Gasteiger partial charge >= 0.3 is 5.97 Å². The minimum atomic E-state index is -0.835. The molecule has 0 bridgehead atoms. The number of ether oxygens (including phenoxy) is 2. The first-order valence-electron chi connectivity index (χ1n) is 8.75. The van der Waals surface area contributed by atoms with Crippen molar-refractivity contribution >= 4 is 17.8 Å². The smallest absolute Gasteiger partial charge is 0.344 e. The molecule has 8 nitrogen and oxygen atoms in total. The molecule has 1 aliphatic rings. The standard InChI is InChI=1S/C19H23N3O5/c1-22(19(13-20)9-5-2-6-10-19)16(23)11-27-17(24)12-26-15-8-4-3-7-14(15)18(21)25/h3-4,7-8H,2,5-6,9-12H2,1H3,(H2,21,25). The monoisotopic (exact) mass is 373 g/mol. The number of rotatable bonds is 7. The average molecular weight is 373 g/mol. The summed E-state index contributed by atoms with van der Waals surface area (Å²) in [5.74, 6) is -1.71. The van der Waals surface area contributed by atoms with E-state index in [2.05, 4.69) is 6.07 Å². The van der Waals surface area contributed by atoms with Gasteiger partial charge in [-0.3, -0.25) is 9.59 Å². The van der Waals surface area contributed by atoms with Crippen LogP contribution in [0.2, 0.25) is 0 Å². The Morgan fingerprint density at radius 1 is 1.19 bits per heavy atom. The lowest BCUT2D eigenvalue weighted by molar-refractivity contribution is -0.155. The van der Waals surface area contributed by atoms with Crippen LogP contribution in [-0.2, 0) is 14.3 Å². The molecule has 144 valence electrons. The Morgan fingerprint density at radius 3 is 2.48 bits per heavy atom. The Hall–Kier alpha value is -3.08. The quantitative estimate of drug-likeness (QED) is 0.721. The molecule has 2 N–H and O–H groups in total. The normalized spacial score (nSPS) is 15.3. The van der Waals surface area contributed by atoms with Gasteiger partial charge < -0.3 is 20.1 Å². The maximum absolute atomic E-state index is 12.3. The second kappa shape index (κ2) is 9.03. The maximum atomic E-state index is 12.3. The van der Waals surface area contributed by atoms with Gasteiger partial charge in [0.1, 0.15) is 11.3 Å². The van der Waals surface area contributed by atoms with Crippen LogP contribution < -0.4 is 10.5 Å². The number of hydrogen-bond donors (Lipinski definition) is 1. The van der Waals surface area contributed by atoms with E-state index in [0.717, 1.165) is 19.3 Å². The first-order chi connectivity index (χ1) is 12.9. The molecular weight excluding hydrogens is 350 g/mol. The Bertz CT molecular complexity index is 750. The summed E-state index contributed by atoms with van der Waals surface area (Å²) in [7, 11) is 1.56. The molecule has 1 fully saturated rings. The van der Waals surface area contributed by atoms with E-state index in [1.165, 1.54) is 17.0 Å². The number of carbonyl (C=O) groups excluding carboxylic acids is 3. The highest BCUT2D eigenvalue weighted by Gasteiger charge is 2.38. The second-order valence-electron chi connectivity index (χ2n) is 6.47. The fourth-order valence-corrected chi connectivity index (χ4v) is 3.11. The second-order valence-corrected chi connectivity index (χ2v) is 6.47. The molecule has 1 aromatic carbocycles. The number of para-hydroxylation sites is 1. The van der Waals surface area contributed by atoms with Gasteiger partial charge in [0.15, 0.2) is 13.2 Å². The molecule has 2 amide bonds. The van der Waals surface area contributed by atoms with Crippen LogP contribution in [0.4, 0.5) is 0 Å². The largest absolute Gasteiger partial charge is 0.481 e. The molecule has 27 heavy (non-hydrogen) atoms. The summed E-state index contributed by atoms with van der Waals surface area (Å²) in [4.78, 5) is 36.9. The zero-order chi connectivity index (χ0) is 19.9. The Balaban J connectivity index is 1.86. The summed E-state index contributed by atoms with van der Waals surface area (Å²) in [6.45, 7) is -0.940. The van der Waals surface area contributed by atoms with Crippen LogP contribution in [0.1, 0.15) is 42.5 Å². The van der Waals surface area contributed by atoms with Crippen molar-refractivity contribution in [3.05, 3.63) is 29.8 Å². The number of hydrogen-bond acceptors (Lipinski definition) is 6. The number of nitrogens with zero attached hydrogens (tertiary/aromatic N) is 2. The highest BCUT2D eigenvalue weighted by atomic mass is 16.6. The first-order valence-corrected chi connectivity index (χ1v) is 8.75. The van der Waals surface area contributed by atoms with E-state index in [0.29, 0.717) is 12.8 Å². The number of primary amides is 1. The Morgan fingerprint density at radius 2 is 1.85 bits per heavy atom. The van der Waals surface area contributed by atoms with Crippen LogP contribution in [0.5, 0.6) is 5.75 Å². The molecule has 0 heterocycles. The number of carbonyl (C=O) groups is 3. The van der Waals surface area contributed by atoms with Crippen molar-refractivity contribution < 1.29 is 23.9 Å². The summed E-state index contributed by atoms with van der Waals surface area (Å²) in [5, 5.41) is 9.51. The van der Waals surface area contributed by atoms with Gasteiger partial charge in [-0.15, -0.1) is 0 Å². The molecule has 2 rings (SSSR count). The Kier molecular flexibility index (Phi) is 6.77. The van der Waals surface area contributed by atoms with Gasteiger partial charge in [0.2, 0.25) is 0 Å². The van der Waals surface area contributed by atoms with Crippen molar-refractivity contribution in [1.82, 2.24) is 4.90 Å². The molecule has 0 atom stereocenters. The predicted molar refractivity (Wildman–Crippen MR) is 95.6 cm³/mol. The van der Waals surface area contributed by atoms with Crippen molar-refractivity contribution in [2.75, 3.05) is 20.3 Å². The Labute approximate surface area is 157 Å². The minimum absolute atomic E-state index is 0.148. The van der Waals surface area contributed by atoms with Gasteiger partial charge in [-0.1, -0.05) is 31.4 Å². The summed E-state index contributed by atoms with van der Waals surface area (Å²) < 4.78 is 10.2. The highest BCUT2D eigenvalue weighted by molar-refractivity contribution is 5.95. The van der Waals surface area contributed by atoms with E-state index in [1.807, 2.05) is 0 Å². The van der Waals surface area contributed by atoms with Gasteiger partial charge in [0.05, 0.1) is 11.6 Å². The molecule has 0 spiro atoms. The van der Waals surface area contributed by atoms with E-state index >= 15 is 0 Å². The van der Waals surface area contributed by atoms with Crippen LogP contribution in [0, 0.1) is 11.3 Å².